The van der Waals surface area contributed by atoms with E-state index in [4.69, 9.17) is 17.3 Å². The summed E-state index contributed by atoms with van der Waals surface area (Å²) in [5.74, 6) is 0.0433. The molecule has 1 aromatic carbocycles. The Morgan fingerprint density at radius 2 is 2.07 bits per heavy atom. The van der Waals surface area contributed by atoms with Gasteiger partial charge in [0.2, 0.25) is 0 Å². The number of nitrogens with one attached hydrogen (secondary N) is 2. The zero-order chi connectivity index (χ0) is 19.4. The van der Waals surface area contributed by atoms with Gasteiger partial charge in [0.25, 0.3) is 11.5 Å². The average Bonchev–Trinajstić information content (AvgIpc) is 2.64. The summed E-state index contributed by atoms with van der Waals surface area (Å²) in [5.41, 5.74) is 6.28. The number of pyridine rings is 1. The number of hydrogen-bond donors (Lipinski definition) is 3. The molecule has 2 aromatic rings. The van der Waals surface area contributed by atoms with Gasteiger partial charge in [0.1, 0.15) is 11.4 Å². The van der Waals surface area contributed by atoms with Gasteiger partial charge in [-0.25, -0.2) is 0 Å². The summed E-state index contributed by atoms with van der Waals surface area (Å²) < 4.78 is 1.09. The number of nitrogens with two attached hydrogens (primary N) is 1. The number of anilines is 1. The first-order valence-electron chi connectivity index (χ1n) is 8.85. The highest BCUT2D eigenvalue weighted by molar-refractivity contribution is 9.10. The molecule has 0 radical (unpaired) electrons. The van der Waals surface area contributed by atoms with Crippen molar-refractivity contribution in [1.82, 2.24) is 15.2 Å². The van der Waals surface area contributed by atoms with Crippen LogP contribution >= 0.6 is 27.5 Å². The predicted molar refractivity (Wildman–Crippen MR) is 111 cm³/mol. The van der Waals surface area contributed by atoms with Crippen LogP contribution in [0.2, 0.25) is 5.02 Å². The molecule has 144 valence electrons. The monoisotopic (exact) mass is 452 g/mol. The highest BCUT2D eigenvalue weighted by atomic mass is 79.9. The number of benzene rings is 1. The lowest BCUT2D eigenvalue weighted by Gasteiger charge is -2.32. The fourth-order valence-electron chi connectivity index (χ4n) is 3.26. The van der Waals surface area contributed by atoms with Crippen molar-refractivity contribution < 1.29 is 4.79 Å². The van der Waals surface area contributed by atoms with Crippen molar-refractivity contribution in [2.75, 3.05) is 25.4 Å². The number of aromatic nitrogens is 1. The summed E-state index contributed by atoms with van der Waals surface area (Å²) >= 11 is 9.39. The number of H-pyrrole nitrogens is 1. The van der Waals surface area contributed by atoms with Gasteiger partial charge in [-0.3, -0.25) is 14.5 Å². The summed E-state index contributed by atoms with van der Waals surface area (Å²) in [6, 6.07) is 9.66. The summed E-state index contributed by atoms with van der Waals surface area (Å²) in [6.45, 7) is 3.45. The first-order valence-corrected chi connectivity index (χ1v) is 10.0. The van der Waals surface area contributed by atoms with Crippen molar-refractivity contribution in [2.45, 2.75) is 19.4 Å². The molecule has 27 heavy (non-hydrogen) atoms. The first kappa shape index (κ1) is 19.9. The average molecular weight is 454 g/mol. The minimum Gasteiger partial charge on any atom is -0.384 e. The minimum absolute atomic E-state index is 0.0127. The van der Waals surface area contributed by atoms with Gasteiger partial charge in [0, 0.05) is 17.6 Å². The molecule has 4 N–H and O–H groups in total. The van der Waals surface area contributed by atoms with Crippen molar-refractivity contribution in [3.63, 3.8) is 0 Å². The molecule has 1 saturated heterocycles. The van der Waals surface area contributed by atoms with E-state index in [0.29, 0.717) is 12.5 Å². The Labute approximate surface area is 171 Å². The maximum absolute atomic E-state index is 12.3. The largest absolute Gasteiger partial charge is 0.384 e. The lowest BCUT2D eigenvalue weighted by molar-refractivity contribution is 0.0933. The second-order valence-corrected chi connectivity index (χ2v) is 8.16. The number of amides is 1. The third kappa shape index (κ3) is 5.34. The number of halogens is 2. The Morgan fingerprint density at radius 3 is 2.78 bits per heavy atom. The van der Waals surface area contributed by atoms with Gasteiger partial charge >= 0.3 is 0 Å². The number of likely N-dealkylation sites (tertiary alicyclic amines) is 1. The van der Waals surface area contributed by atoms with Crippen LogP contribution in [0.25, 0.3) is 0 Å². The van der Waals surface area contributed by atoms with Crippen molar-refractivity contribution in [3.05, 3.63) is 61.3 Å². The van der Waals surface area contributed by atoms with E-state index in [0.717, 1.165) is 36.9 Å². The number of rotatable bonds is 5. The van der Waals surface area contributed by atoms with E-state index in [1.54, 1.807) is 0 Å². The smallest absolute Gasteiger partial charge is 0.262 e. The predicted octanol–water partition coefficient (Wildman–Crippen LogP) is 3.02. The number of nitrogen functional groups attached to an aromatic ring is 1. The molecule has 6 nitrogen and oxygen atoms in total. The van der Waals surface area contributed by atoms with Crippen molar-refractivity contribution in [2.24, 2.45) is 5.92 Å². The van der Waals surface area contributed by atoms with Gasteiger partial charge in [0.15, 0.2) is 0 Å². The van der Waals surface area contributed by atoms with Crippen LogP contribution < -0.4 is 16.6 Å². The molecule has 1 aromatic heterocycles. The molecular weight excluding hydrogens is 432 g/mol. The standard InChI is InChI=1S/C19H22BrClN4O2/c20-14-3-1-2-13(8-14)11-25-6-4-12(5-7-25)10-23-18(26)15-9-16(21)17(22)24-19(15)27/h1-3,8-9,12H,4-7,10-11H2,(H,23,26)(H3,22,24,27). The number of aromatic amines is 1. The lowest BCUT2D eigenvalue weighted by Crippen LogP contribution is -2.39. The second kappa shape index (κ2) is 8.91. The zero-order valence-electron chi connectivity index (χ0n) is 14.8. The van der Waals surface area contributed by atoms with Gasteiger partial charge in [-0.15, -0.1) is 0 Å². The molecule has 1 amide bonds. The van der Waals surface area contributed by atoms with Crippen LogP contribution in [0.5, 0.6) is 0 Å². The Balaban J connectivity index is 1.47. The topological polar surface area (TPSA) is 91.2 Å². The van der Waals surface area contributed by atoms with Crippen LogP contribution in [0, 0.1) is 5.92 Å². The number of hydrogen-bond acceptors (Lipinski definition) is 4. The third-order valence-corrected chi connectivity index (χ3v) is 5.63. The Bertz CT molecular complexity index is 878. The van der Waals surface area contributed by atoms with Crippen LogP contribution in [0.3, 0.4) is 0 Å². The maximum atomic E-state index is 12.3. The van der Waals surface area contributed by atoms with Gasteiger partial charge < -0.3 is 16.0 Å². The molecule has 8 heteroatoms. The molecule has 0 spiro atoms. The number of nitrogens with zero attached hydrogens (tertiary/aromatic N) is 1. The lowest BCUT2D eigenvalue weighted by atomic mass is 9.96. The minimum atomic E-state index is -0.529. The van der Waals surface area contributed by atoms with Crippen molar-refractivity contribution >= 4 is 39.3 Å². The van der Waals surface area contributed by atoms with Crippen LogP contribution in [0.1, 0.15) is 28.8 Å². The number of carbonyl (C=O) groups excluding carboxylic acids is 1. The van der Waals surface area contributed by atoms with Crippen molar-refractivity contribution in [1.29, 1.82) is 0 Å². The molecule has 0 aliphatic carbocycles. The highest BCUT2D eigenvalue weighted by Crippen LogP contribution is 2.20. The molecule has 0 unspecified atom stereocenters. The molecule has 1 fully saturated rings. The van der Waals surface area contributed by atoms with Gasteiger partial charge in [0.05, 0.1) is 5.02 Å². The zero-order valence-corrected chi connectivity index (χ0v) is 17.1. The highest BCUT2D eigenvalue weighted by Gasteiger charge is 2.21. The van der Waals surface area contributed by atoms with E-state index in [1.165, 1.54) is 11.6 Å². The van der Waals surface area contributed by atoms with Gasteiger partial charge in [-0.05, 0) is 55.6 Å². The van der Waals surface area contributed by atoms with Gasteiger partial charge in [-0.1, -0.05) is 39.7 Å². The molecular formula is C19H22BrClN4O2. The molecule has 1 aliphatic rings. The summed E-state index contributed by atoms with van der Waals surface area (Å²) in [6.07, 6.45) is 2.01. The van der Waals surface area contributed by atoms with E-state index < -0.39 is 11.5 Å². The van der Waals surface area contributed by atoms with Crippen LogP contribution in [-0.2, 0) is 6.54 Å². The van der Waals surface area contributed by atoms with Crippen LogP contribution in [0.15, 0.2) is 39.6 Å². The van der Waals surface area contributed by atoms with Crippen LogP contribution in [0.4, 0.5) is 5.82 Å². The van der Waals surface area contributed by atoms with E-state index in [-0.39, 0.29) is 16.4 Å². The van der Waals surface area contributed by atoms with E-state index in [2.05, 4.69) is 43.3 Å². The Kier molecular flexibility index (Phi) is 6.57. The van der Waals surface area contributed by atoms with E-state index in [9.17, 15) is 9.59 Å². The molecule has 3 rings (SSSR count). The summed E-state index contributed by atoms with van der Waals surface area (Å²) in [5, 5.41) is 3.01. The Hall–Kier alpha value is -1.83. The molecule has 0 bridgehead atoms. The maximum Gasteiger partial charge on any atom is 0.262 e. The first-order chi connectivity index (χ1) is 12.9. The third-order valence-electron chi connectivity index (χ3n) is 4.82. The van der Waals surface area contributed by atoms with E-state index in [1.807, 2.05) is 12.1 Å². The molecule has 2 heterocycles. The van der Waals surface area contributed by atoms with E-state index >= 15 is 0 Å². The Morgan fingerprint density at radius 1 is 1.33 bits per heavy atom. The molecule has 0 atom stereocenters. The molecule has 0 saturated carbocycles. The van der Waals surface area contributed by atoms with Crippen molar-refractivity contribution in [3.8, 4) is 0 Å². The quantitative estimate of drug-likeness (QED) is 0.649. The van der Waals surface area contributed by atoms with Gasteiger partial charge in [-0.2, -0.15) is 0 Å². The summed E-state index contributed by atoms with van der Waals surface area (Å²) in [4.78, 5) is 28.9. The number of carbonyl (C=O) groups is 1. The second-order valence-electron chi connectivity index (χ2n) is 6.83. The fourth-order valence-corrected chi connectivity index (χ4v) is 3.87. The molecule has 1 aliphatic heterocycles. The van der Waals surface area contributed by atoms with Crippen LogP contribution in [-0.4, -0.2) is 35.4 Å². The normalized spacial score (nSPS) is 15.6. The fraction of sp³-hybridized carbons (Fsp3) is 0.368. The SMILES string of the molecule is Nc1[nH]c(=O)c(C(=O)NCC2CCN(Cc3cccc(Br)c3)CC2)cc1Cl. The number of piperidine rings is 1. The summed E-state index contributed by atoms with van der Waals surface area (Å²) in [7, 11) is 0.